The van der Waals surface area contributed by atoms with E-state index in [-0.39, 0.29) is 0 Å². The standard InChI is InChI=1S/C18H29N3O2/c1-4-19-17(21-13-18(22)9-5-6-10-18)20-12-15-8-7-14(2)11-16(15)23-3/h7-8,11,22H,4-6,9-10,12-13H2,1-3H3,(H2,19,20,21). The van der Waals surface area contributed by atoms with E-state index in [1.807, 2.05) is 26.0 Å². The number of methoxy groups -OCH3 is 1. The zero-order chi connectivity index (χ0) is 16.7. The van der Waals surface area contributed by atoms with Crippen LogP contribution in [0.5, 0.6) is 5.75 Å². The average Bonchev–Trinajstić information content (AvgIpc) is 2.98. The summed E-state index contributed by atoms with van der Waals surface area (Å²) in [6.07, 6.45) is 3.94. The number of hydrogen-bond donors (Lipinski definition) is 3. The van der Waals surface area contributed by atoms with Crippen LogP contribution in [0, 0.1) is 6.92 Å². The molecule has 0 atom stereocenters. The van der Waals surface area contributed by atoms with E-state index in [0.717, 1.165) is 49.5 Å². The van der Waals surface area contributed by atoms with E-state index in [1.165, 1.54) is 5.56 Å². The van der Waals surface area contributed by atoms with Gasteiger partial charge in [-0.2, -0.15) is 0 Å². The molecule has 0 aromatic heterocycles. The summed E-state index contributed by atoms with van der Waals surface area (Å²) in [6.45, 7) is 5.95. The van der Waals surface area contributed by atoms with Crippen LogP contribution in [0.25, 0.3) is 0 Å². The molecule has 1 fully saturated rings. The first kappa shape index (κ1) is 17.6. The highest BCUT2D eigenvalue weighted by atomic mass is 16.5. The van der Waals surface area contributed by atoms with Crippen LogP contribution in [0.3, 0.4) is 0 Å². The van der Waals surface area contributed by atoms with Crippen molar-refractivity contribution in [3.05, 3.63) is 29.3 Å². The largest absolute Gasteiger partial charge is 0.496 e. The predicted octanol–water partition coefficient (Wildman–Crippen LogP) is 2.36. The summed E-state index contributed by atoms with van der Waals surface area (Å²) >= 11 is 0. The number of aliphatic imine (C=N–C) groups is 1. The molecule has 0 spiro atoms. The smallest absolute Gasteiger partial charge is 0.191 e. The first-order valence-electron chi connectivity index (χ1n) is 8.44. The molecule has 0 heterocycles. The van der Waals surface area contributed by atoms with Gasteiger partial charge in [0.1, 0.15) is 5.75 Å². The van der Waals surface area contributed by atoms with Crippen LogP contribution in [-0.4, -0.2) is 36.9 Å². The minimum Gasteiger partial charge on any atom is -0.496 e. The van der Waals surface area contributed by atoms with Crippen LogP contribution >= 0.6 is 0 Å². The molecule has 5 heteroatoms. The third-order valence-corrected chi connectivity index (χ3v) is 4.31. The normalized spacial score (nSPS) is 17.1. The van der Waals surface area contributed by atoms with Crippen molar-refractivity contribution < 1.29 is 9.84 Å². The first-order chi connectivity index (χ1) is 11.1. The number of benzene rings is 1. The Hall–Kier alpha value is -1.75. The fourth-order valence-electron chi connectivity index (χ4n) is 2.95. The Morgan fingerprint density at radius 1 is 1.30 bits per heavy atom. The molecule has 1 aromatic carbocycles. The van der Waals surface area contributed by atoms with Crippen LogP contribution < -0.4 is 15.4 Å². The van der Waals surface area contributed by atoms with Crippen LogP contribution in [0.2, 0.25) is 0 Å². The van der Waals surface area contributed by atoms with Crippen molar-refractivity contribution >= 4 is 5.96 Å². The second-order valence-corrected chi connectivity index (χ2v) is 6.30. The summed E-state index contributed by atoms with van der Waals surface area (Å²) in [7, 11) is 1.68. The summed E-state index contributed by atoms with van der Waals surface area (Å²) < 4.78 is 5.43. The molecular weight excluding hydrogens is 290 g/mol. The monoisotopic (exact) mass is 319 g/mol. The molecule has 1 aliphatic rings. The van der Waals surface area contributed by atoms with Crippen molar-refractivity contribution in [3.8, 4) is 5.75 Å². The van der Waals surface area contributed by atoms with Gasteiger partial charge in [-0.1, -0.05) is 25.0 Å². The molecule has 1 aromatic rings. The zero-order valence-electron chi connectivity index (χ0n) is 14.5. The van der Waals surface area contributed by atoms with Crippen molar-refractivity contribution in [3.63, 3.8) is 0 Å². The van der Waals surface area contributed by atoms with Crippen molar-refractivity contribution in [1.82, 2.24) is 10.6 Å². The van der Waals surface area contributed by atoms with Crippen molar-refractivity contribution in [2.75, 3.05) is 20.2 Å². The van der Waals surface area contributed by atoms with Gasteiger partial charge in [0.25, 0.3) is 0 Å². The minimum atomic E-state index is -0.586. The summed E-state index contributed by atoms with van der Waals surface area (Å²) in [5, 5.41) is 16.9. The van der Waals surface area contributed by atoms with Gasteiger partial charge < -0.3 is 20.5 Å². The van der Waals surface area contributed by atoms with Gasteiger partial charge in [-0.05, 0) is 38.3 Å². The van der Waals surface area contributed by atoms with E-state index in [9.17, 15) is 5.11 Å². The Kier molecular flexibility index (Phi) is 6.28. The lowest BCUT2D eigenvalue weighted by atomic mass is 10.0. The molecule has 2 rings (SSSR count). The number of nitrogens with one attached hydrogen (secondary N) is 2. The molecule has 3 N–H and O–H groups in total. The zero-order valence-corrected chi connectivity index (χ0v) is 14.5. The molecule has 0 unspecified atom stereocenters. The number of ether oxygens (including phenoxy) is 1. The van der Waals surface area contributed by atoms with Gasteiger partial charge in [0, 0.05) is 18.7 Å². The van der Waals surface area contributed by atoms with Gasteiger partial charge in [0.05, 0.1) is 19.3 Å². The lowest BCUT2D eigenvalue weighted by Crippen LogP contribution is -2.46. The van der Waals surface area contributed by atoms with Crippen LogP contribution in [0.4, 0.5) is 0 Å². The van der Waals surface area contributed by atoms with Gasteiger partial charge in [-0.15, -0.1) is 0 Å². The Labute approximate surface area is 139 Å². The summed E-state index contributed by atoms with van der Waals surface area (Å²) in [6, 6.07) is 6.13. The maximum absolute atomic E-state index is 10.4. The SMILES string of the molecule is CCNC(=NCc1ccc(C)cc1OC)NCC1(O)CCCC1. The van der Waals surface area contributed by atoms with Crippen molar-refractivity contribution in [1.29, 1.82) is 0 Å². The Morgan fingerprint density at radius 3 is 2.70 bits per heavy atom. The molecule has 0 saturated heterocycles. The fraction of sp³-hybridized carbons (Fsp3) is 0.611. The molecule has 1 aliphatic carbocycles. The summed E-state index contributed by atoms with van der Waals surface area (Å²) in [5.74, 6) is 1.59. The van der Waals surface area contributed by atoms with Gasteiger partial charge in [-0.3, -0.25) is 0 Å². The highest BCUT2D eigenvalue weighted by Gasteiger charge is 2.30. The van der Waals surface area contributed by atoms with E-state index in [2.05, 4.69) is 21.7 Å². The Bertz CT molecular complexity index is 537. The van der Waals surface area contributed by atoms with Crippen LogP contribution in [-0.2, 0) is 6.54 Å². The fourth-order valence-corrected chi connectivity index (χ4v) is 2.95. The maximum atomic E-state index is 10.4. The Morgan fingerprint density at radius 2 is 2.04 bits per heavy atom. The topological polar surface area (TPSA) is 65.9 Å². The number of aliphatic hydroxyl groups is 1. The number of rotatable bonds is 6. The van der Waals surface area contributed by atoms with Gasteiger partial charge in [-0.25, -0.2) is 4.99 Å². The molecule has 128 valence electrons. The van der Waals surface area contributed by atoms with E-state index in [0.29, 0.717) is 13.1 Å². The summed E-state index contributed by atoms with van der Waals surface area (Å²) in [4.78, 5) is 4.62. The quantitative estimate of drug-likeness (QED) is 0.556. The predicted molar refractivity (Wildman–Crippen MR) is 94.0 cm³/mol. The second-order valence-electron chi connectivity index (χ2n) is 6.30. The molecule has 5 nitrogen and oxygen atoms in total. The average molecular weight is 319 g/mol. The second kappa shape index (κ2) is 8.20. The lowest BCUT2D eigenvalue weighted by Gasteiger charge is -2.23. The van der Waals surface area contributed by atoms with E-state index >= 15 is 0 Å². The third kappa shape index (κ3) is 5.13. The van der Waals surface area contributed by atoms with Crippen LogP contribution in [0.1, 0.15) is 43.7 Å². The first-order valence-corrected chi connectivity index (χ1v) is 8.44. The van der Waals surface area contributed by atoms with E-state index in [4.69, 9.17) is 4.74 Å². The van der Waals surface area contributed by atoms with Crippen molar-refractivity contribution in [2.45, 2.75) is 51.7 Å². The number of guanidine groups is 1. The number of nitrogens with zero attached hydrogens (tertiary/aromatic N) is 1. The lowest BCUT2D eigenvalue weighted by molar-refractivity contribution is 0.0522. The van der Waals surface area contributed by atoms with E-state index < -0.39 is 5.60 Å². The Balaban J connectivity index is 2.00. The molecule has 23 heavy (non-hydrogen) atoms. The highest BCUT2D eigenvalue weighted by molar-refractivity contribution is 5.79. The maximum Gasteiger partial charge on any atom is 0.191 e. The third-order valence-electron chi connectivity index (χ3n) is 4.31. The van der Waals surface area contributed by atoms with Crippen LogP contribution in [0.15, 0.2) is 23.2 Å². The van der Waals surface area contributed by atoms with Gasteiger partial charge in [0.15, 0.2) is 5.96 Å². The van der Waals surface area contributed by atoms with Gasteiger partial charge >= 0.3 is 0 Å². The van der Waals surface area contributed by atoms with Gasteiger partial charge in [0.2, 0.25) is 0 Å². The molecule has 0 amide bonds. The molecule has 0 aliphatic heterocycles. The van der Waals surface area contributed by atoms with E-state index in [1.54, 1.807) is 7.11 Å². The molecule has 1 saturated carbocycles. The number of hydrogen-bond acceptors (Lipinski definition) is 3. The summed E-state index contributed by atoms with van der Waals surface area (Å²) in [5.41, 5.74) is 1.63. The molecule has 0 radical (unpaired) electrons. The highest BCUT2D eigenvalue weighted by Crippen LogP contribution is 2.28. The van der Waals surface area contributed by atoms with Crippen molar-refractivity contribution in [2.24, 2.45) is 4.99 Å². The molecule has 0 bridgehead atoms. The molecular formula is C18H29N3O2. The minimum absolute atomic E-state index is 0.539. The number of aryl methyl sites for hydroxylation is 1.